The average molecular weight is 250 g/mol. The van der Waals surface area contributed by atoms with Crippen LogP contribution in [0.4, 0.5) is 0 Å². The molecule has 18 heavy (non-hydrogen) atoms. The molecule has 3 heteroatoms. The second kappa shape index (κ2) is 7.75. The maximum atomic E-state index is 11.6. The summed E-state index contributed by atoms with van der Waals surface area (Å²) in [4.78, 5) is 11.6. The Hall–Kier alpha value is -1.51. The number of ether oxygens (including phenoxy) is 2. The second-order valence-corrected chi connectivity index (χ2v) is 4.31. The molecule has 1 aromatic rings. The van der Waals surface area contributed by atoms with Crippen LogP contribution < -0.4 is 9.47 Å². The fraction of sp³-hybridized carbons (Fsp3) is 0.533. The lowest BCUT2D eigenvalue weighted by molar-refractivity contribution is -0.134. The lowest BCUT2D eigenvalue weighted by Crippen LogP contribution is -2.08. The summed E-state index contributed by atoms with van der Waals surface area (Å²) in [6.45, 7) is 4.18. The molecule has 0 aliphatic heterocycles. The standard InChI is InChI=1S/C15H22O3/c1-4-6-8-15(16)18-13-10-9-12(7-5-2)11-14(13)17-3/h9-11H,4-8H2,1-3H3. The van der Waals surface area contributed by atoms with Gasteiger partial charge in [-0.3, -0.25) is 4.79 Å². The van der Waals surface area contributed by atoms with Gasteiger partial charge < -0.3 is 9.47 Å². The predicted octanol–water partition coefficient (Wildman–Crippen LogP) is 3.74. The number of rotatable bonds is 7. The van der Waals surface area contributed by atoms with E-state index in [1.807, 2.05) is 25.1 Å². The lowest BCUT2D eigenvalue weighted by Gasteiger charge is -2.10. The summed E-state index contributed by atoms with van der Waals surface area (Å²) >= 11 is 0. The number of hydrogen-bond donors (Lipinski definition) is 0. The van der Waals surface area contributed by atoms with Gasteiger partial charge in [0, 0.05) is 6.42 Å². The van der Waals surface area contributed by atoms with Crippen molar-refractivity contribution in [1.29, 1.82) is 0 Å². The van der Waals surface area contributed by atoms with Gasteiger partial charge in [-0.15, -0.1) is 0 Å². The summed E-state index contributed by atoms with van der Waals surface area (Å²) < 4.78 is 10.6. The SMILES string of the molecule is CCCCC(=O)Oc1ccc(CCC)cc1OC. The molecule has 0 atom stereocenters. The summed E-state index contributed by atoms with van der Waals surface area (Å²) in [6.07, 6.45) is 4.38. The molecule has 0 fully saturated rings. The third kappa shape index (κ3) is 4.40. The monoisotopic (exact) mass is 250 g/mol. The van der Waals surface area contributed by atoms with E-state index in [1.165, 1.54) is 5.56 Å². The van der Waals surface area contributed by atoms with Gasteiger partial charge in [0.1, 0.15) is 0 Å². The van der Waals surface area contributed by atoms with Gasteiger partial charge in [-0.1, -0.05) is 32.8 Å². The van der Waals surface area contributed by atoms with Gasteiger partial charge in [-0.25, -0.2) is 0 Å². The van der Waals surface area contributed by atoms with E-state index < -0.39 is 0 Å². The van der Waals surface area contributed by atoms with E-state index in [0.29, 0.717) is 17.9 Å². The highest BCUT2D eigenvalue weighted by molar-refractivity contribution is 5.73. The van der Waals surface area contributed by atoms with E-state index in [9.17, 15) is 4.79 Å². The summed E-state index contributed by atoms with van der Waals surface area (Å²) in [7, 11) is 1.59. The molecule has 100 valence electrons. The average Bonchev–Trinajstić information content (AvgIpc) is 2.38. The van der Waals surface area contributed by atoms with Gasteiger partial charge in [0.2, 0.25) is 0 Å². The minimum absolute atomic E-state index is 0.196. The molecule has 0 radical (unpaired) electrons. The Kier molecular flexibility index (Phi) is 6.26. The van der Waals surface area contributed by atoms with Crippen molar-refractivity contribution in [3.05, 3.63) is 23.8 Å². The molecule has 0 aliphatic rings. The summed E-state index contributed by atoms with van der Waals surface area (Å²) in [5.41, 5.74) is 1.20. The molecule has 0 aromatic heterocycles. The van der Waals surface area contributed by atoms with E-state index in [0.717, 1.165) is 25.7 Å². The van der Waals surface area contributed by atoms with Crippen LogP contribution in [0.15, 0.2) is 18.2 Å². The quantitative estimate of drug-likeness (QED) is 0.546. The molecule has 0 amide bonds. The molecule has 0 heterocycles. The van der Waals surface area contributed by atoms with E-state index in [1.54, 1.807) is 7.11 Å². The number of methoxy groups -OCH3 is 1. The summed E-state index contributed by atoms with van der Waals surface area (Å²) in [5.74, 6) is 0.947. The minimum Gasteiger partial charge on any atom is -0.493 e. The molecule has 3 nitrogen and oxygen atoms in total. The zero-order valence-corrected chi connectivity index (χ0v) is 11.5. The van der Waals surface area contributed by atoms with Crippen LogP contribution in [0.25, 0.3) is 0 Å². The van der Waals surface area contributed by atoms with Crippen molar-refractivity contribution in [2.24, 2.45) is 0 Å². The first kappa shape index (κ1) is 14.6. The van der Waals surface area contributed by atoms with Crippen molar-refractivity contribution in [3.8, 4) is 11.5 Å². The molecule has 0 unspecified atom stereocenters. The van der Waals surface area contributed by atoms with Gasteiger partial charge in [0.05, 0.1) is 7.11 Å². The maximum Gasteiger partial charge on any atom is 0.311 e. The van der Waals surface area contributed by atoms with Crippen LogP contribution in [0.2, 0.25) is 0 Å². The van der Waals surface area contributed by atoms with Crippen molar-refractivity contribution in [1.82, 2.24) is 0 Å². The lowest BCUT2D eigenvalue weighted by atomic mass is 10.1. The number of unbranched alkanes of at least 4 members (excludes halogenated alkanes) is 1. The van der Waals surface area contributed by atoms with Crippen LogP contribution in [0.3, 0.4) is 0 Å². The Morgan fingerprint density at radius 2 is 1.94 bits per heavy atom. The number of carbonyl (C=O) groups excluding carboxylic acids is 1. The fourth-order valence-corrected chi connectivity index (χ4v) is 1.74. The Morgan fingerprint density at radius 1 is 1.17 bits per heavy atom. The Balaban J connectivity index is 2.72. The maximum absolute atomic E-state index is 11.6. The van der Waals surface area contributed by atoms with Crippen LogP contribution in [-0.2, 0) is 11.2 Å². The van der Waals surface area contributed by atoms with E-state index in [2.05, 4.69) is 6.92 Å². The molecule has 0 saturated carbocycles. The minimum atomic E-state index is -0.196. The summed E-state index contributed by atoms with van der Waals surface area (Å²) in [6, 6.07) is 5.73. The van der Waals surface area contributed by atoms with Crippen molar-refractivity contribution >= 4 is 5.97 Å². The van der Waals surface area contributed by atoms with E-state index in [-0.39, 0.29) is 5.97 Å². The molecule has 1 aromatic carbocycles. The molecule has 0 spiro atoms. The van der Waals surface area contributed by atoms with Crippen LogP contribution >= 0.6 is 0 Å². The van der Waals surface area contributed by atoms with Gasteiger partial charge in [-0.05, 0) is 30.5 Å². The van der Waals surface area contributed by atoms with Crippen LogP contribution in [0.5, 0.6) is 11.5 Å². The van der Waals surface area contributed by atoms with Crippen molar-refractivity contribution in [3.63, 3.8) is 0 Å². The normalized spacial score (nSPS) is 10.2. The predicted molar refractivity (Wildman–Crippen MR) is 72.1 cm³/mol. The molecule has 0 N–H and O–H groups in total. The number of carbonyl (C=O) groups is 1. The molecule has 0 saturated heterocycles. The van der Waals surface area contributed by atoms with Gasteiger partial charge in [-0.2, -0.15) is 0 Å². The van der Waals surface area contributed by atoms with Crippen molar-refractivity contribution in [2.45, 2.75) is 46.0 Å². The zero-order valence-electron chi connectivity index (χ0n) is 11.5. The highest BCUT2D eigenvalue weighted by Crippen LogP contribution is 2.29. The summed E-state index contributed by atoms with van der Waals surface area (Å²) in [5, 5.41) is 0. The number of hydrogen-bond acceptors (Lipinski definition) is 3. The first-order chi connectivity index (χ1) is 8.71. The van der Waals surface area contributed by atoms with Crippen LogP contribution in [0, 0.1) is 0 Å². The molecular formula is C15H22O3. The Morgan fingerprint density at radius 3 is 2.56 bits per heavy atom. The topological polar surface area (TPSA) is 35.5 Å². The van der Waals surface area contributed by atoms with Crippen LogP contribution in [0.1, 0.15) is 45.1 Å². The fourth-order valence-electron chi connectivity index (χ4n) is 1.74. The Labute approximate surface area is 109 Å². The van der Waals surface area contributed by atoms with Crippen molar-refractivity contribution < 1.29 is 14.3 Å². The zero-order chi connectivity index (χ0) is 13.4. The number of benzene rings is 1. The molecule has 1 rings (SSSR count). The smallest absolute Gasteiger partial charge is 0.311 e. The number of esters is 1. The molecule has 0 aliphatic carbocycles. The third-order valence-electron chi connectivity index (χ3n) is 2.72. The third-order valence-corrected chi connectivity index (χ3v) is 2.72. The van der Waals surface area contributed by atoms with Crippen LogP contribution in [-0.4, -0.2) is 13.1 Å². The van der Waals surface area contributed by atoms with Gasteiger partial charge in [0.15, 0.2) is 11.5 Å². The largest absolute Gasteiger partial charge is 0.493 e. The van der Waals surface area contributed by atoms with Gasteiger partial charge >= 0.3 is 5.97 Å². The highest BCUT2D eigenvalue weighted by Gasteiger charge is 2.10. The molecular weight excluding hydrogens is 228 g/mol. The highest BCUT2D eigenvalue weighted by atomic mass is 16.6. The Bertz CT molecular complexity index is 385. The van der Waals surface area contributed by atoms with E-state index >= 15 is 0 Å². The second-order valence-electron chi connectivity index (χ2n) is 4.31. The first-order valence-electron chi connectivity index (χ1n) is 6.58. The van der Waals surface area contributed by atoms with E-state index in [4.69, 9.17) is 9.47 Å². The van der Waals surface area contributed by atoms with Gasteiger partial charge in [0.25, 0.3) is 0 Å². The molecule has 0 bridgehead atoms. The number of aryl methyl sites for hydroxylation is 1. The van der Waals surface area contributed by atoms with Crippen molar-refractivity contribution in [2.75, 3.05) is 7.11 Å². The first-order valence-corrected chi connectivity index (χ1v) is 6.58.